The van der Waals surface area contributed by atoms with Crippen molar-refractivity contribution in [3.05, 3.63) is 23.8 Å². The van der Waals surface area contributed by atoms with Gasteiger partial charge in [0.25, 0.3) is 0 Å². The monoisotopic (exact) mass is 221 g/mol. The van der Waals surface area contributed by atoms with Crippen molar-refractivity contribution in [3.8, 4) is 11.5 Å². The van der Waals surface area contributed by atoms with Gasteiger partial charge in [0.1, 0.15) is 0 Å². The van der Waals surface area contributed by atoms with Crippen LogP contribution in [0.3, 0.4) is 0 Å². The van der Waals surface area contributed by atoms with Gasteiger partial charge >= 0.3 is 0 Å². The van der Waals surface area contributed by atoms with Crippen molar-refractivity contribution in [1.29, 1.82) is 0 Å². The maximum absolute atomic E-state index is 5.27. The Morgan fingerprint density at radius 2 is 1.88 bits per heavy atom. The zero-order valence-corrected chi connectivity index (χ0v) is 10.2. The molecule has 1 N–H and O–H groups in total. The first-order chi connectivity index (χ1) is 7.67. The number of benzene rings is 1. The molecule has 1 aliphatic rings. The summed E-state index contributed by atoms with van der Waals surface area (Å²) in [5.41, 5.74) is 1.60. The highest BCUT2D eigenvalue weighted by atomic mass is 16.5. The van der Waals surface area contributed by atoms with Crippen LogP contribution < -0.4 is 14.8 Å². The summed E-state index contributed by atoms with van der Waals surface area (Å²) in [6.45, 7) is 3.14. The number of ether oxygens (including phenoxy) is 2. The quantitative estimate of drug-likeness (QED) is 0.828. The van der Waals surface area contributed by atoms with Crippen LogP contribution >= 0.6 is 0 Å². The molecule has 0 atom stereocenters. The van der Waals surface area contributed by atoms with Gasteiger partial charge in [-0.25, -0.2) is 0 Å². The first kappa shape index (κ1) is 11.3. The van der Waals surface area contributed by atoms with Gasteiger partial charge in [0, 0.05) is 12.1 Å². The predicted molar refractivity (Wildman–Crippen MR) is 64.0 cm³/mol. The Hall–Kier alpha value is -1.22. The Labute approximate surface area is 96.8 Å². The molecule has 0 bridgehead atoms. The lowest BCUT2D eigenvalue weighted by Crippen LogP contribution is -2.26. The summed E-state index contributed by atoms with van der Waals surface area (Å²) >= 11 is 0. The summed E-state index contributed by atoms with van der Waals surface area (Å²) < 4.78 is 10.5. The normalized spacial score (nSPS) is 16.9. The molecule has 0 heterocycles. The summed E-state index contributed by atoms with van der Waals surface area (Å²) in [7, 11) is 3.32. The summed E-state index contributed by atoms with van der Waals surface area (Å²) in [5, 5.41) is 3.54. The van der Waals surface area contributed by atoms with Gasteiger partial charge in [-0.1, -0.05) is 6.07 Å². The van der Waals surface area contributed by atoms with E-state index in [9.17, 15) is 0 Å². The molecule has 1 aromatic carbocycles. The van der Waals surface area contributed by atoms with E-state index in [1.807, 2.05) is 12.1 Å². The van der Waals surface area contributed by atoms with Crippen LogP contribution in [0.15, 0.2) is 18.2 Å². The lowest BCUT2D eigenvalue weighted by atomic mass is 10.2. The SMILES string of the molecule is COc1ccc(CNC2(C)CC2)cc1OC. The number of nitrogens with one attached hydrogen (secondary N) is 1. The molecule has 16 heavy (non-hydrogen) atoms. The topological polar surface area (TPSA) is 30.5 Å². The molecule has 1 aromatic rings. The third-order valence-corrected chi connectivity index (χ3v) is 3.17. The zero-order valence-electron chi connectivity index (χ0n) is 10.2. The molecule has 0 aromatic heterocycles. The van der Waals surface area contributed by atoms with Gasteiger partial charge < -0.3 is 14.8 Å². The predicted octanol–water partition coefficient (Wildman–Crippen LogP) is 2.35. The summed E-state index contributed by atoms with van der Waals surface area (Å²) in [4.78, 5) is 0. The van der Waals surface area contributed by atoms with Crippen molar-refractivity contribution in [3.63, 3.8) is 0 Å². The highest BCUT2D eigenvalue weighted by molar-refractivity contribution is 5.42. The number of methoxy groups -OCH3 is 2. The van der Waals surface area contributed by atoms with Crippen molar-refractivity contribution < 1.29 is 9.47 Å². The summed E-state index contributed by atoms with van der Waals surface area (Å²) in [6.07, 6.45) is 2.56. The minimum Gasteiger partial charge on any atom is -0.493 e. The fourth-order valence-electron chi connectivity index (χ4n) is 1.67. The molecular formula is C13H19NO2. The van der Waals surface area contributed by atoms with Crippen molar-refractivity contribution in [1.82, 2.24) is 5.32 Å². The largest absolute Gasteiger partial charge is 0.493 e. The van der Waals surface area contributed by atoms with Crippen LogP contribution in [0.25, 0.3) is 0 Å². The molecule has 2 rings (SSSR count). The van der Waals surface area contributed by atoms with Gasteiger partial charge in [0.15, 0.2) is 11.5 Å². The molecule has 1 fully saturated rings. The van der Waals surface area contributed by atoms with E-state index < -0.39 is 0 Å². The van der Waals surface area contributed by atoms with Crippen molar-refractivity contribution in [2.75, 3.05) is 14.2 Å². The van der Waals surface area contributed by atoms with Crippen LogP contribution in [0.1, 0.15) is 25.3 Å². The first-order valence-electron chi connectivity index (χ1n) is 5.63. The van der Waals surface area contributed by atoms with Crippen LogP contribution in [-0.2, 0) is 6.54 Å². The third-order valence-electron chi connectivity index (χ3n) is 3.17. The molecule has 1 aliphatic carbocycles. The molecule has 0 unspecified atom stereocenters. The summed E-state index contributed by atoms with van der Waals surface area (Å²) in [5.74, 6) is 1.58. The smallest absolute Gasteiger partial charge is 0.161 e. The third kappa shape index (κ3) is 2.47. The van der Waals surface area contributed by atoms with Crippen LogP contribution in [0.4, 0.5) is 0 Å². The average Bonchev–Trinajstić information content (AvgIpc) is 3.05. The molecule has 3 nitrogen and oxygen atoms in total. The minimum atomic E-state index is 0.368. The highest BCUT2D eigenvalue weighted by Crippen LogP contribution is 2.35. The second-order valence-corrected chi connectivity index (χ2v) is 4.60. The Balaban J connectivity index is 2.04. The van der Waals surface area contributed by atoms with Crippen LogP contribution in [0.2, 0.25) is 0 Å². The van der Waals surface area contributed by atoms with E-state index in [0.717, 1.165) is 18.0 Å². The lowest BCUT2D eigenvalue weighted by Gasteiger charge is -2.13. The number of rotatable bonds is 5. The Bertz CT molecular complexity index is 372. The van der Waals surface area contributed by atoms with E-state index in [1.165, 1.54) is 18.4 Å². The van der Waals surface area contributed by atoms with Gasteiger partial charge in [0.2, 0.25) is 0 Å². The molecule has 0 aliphatic heterocycles. The zero-order chi connectivity index (χ0) is 11.6. The van der Waals surface area contributed by atoms with Crippen molar-refractivity contribution in [2.45, 2.75) is 31.8 Å². The first-order valence-corrected chi connectivity index (χ1v) is 5.63. The van der Waals surface area contributed by atoms with Crippen molar-refractivity contribution in [2.24, 2.45) is 0 Å². The summed E-state index contributed by atoms with van der Waals surface area (Å²) in [6, 6.07) is 6.04. The standard InChI is InChI=1S/C13H19NO2/c1-13(6-7-13)14-9-10-4-5-11(15-2)12(8-10)16-3/h4-5,8,14H,6-7,9H2,1-3H3. The molecule has 1 saturated carbocycles. The van der Waals surface area contributed by atoms with E-state index in [-0.39, 0.29) is 0 Å². The highest BCUT2D eigenvalue weighted by Gasteiger charge is 2.36. The van der Waals surface area contributed by atoms with E-state index in [0.29, 0.717) is 5.54 Å². The maximum atomic E-state index is 5.27. The van der Waals surface area contributed by atoms with Gasteiger partial charge in [-0.05, 0) is 37.5 Å². The second kappa shape index (κ2) is 4.34. The van der Waals surface area contributed by atoms with E-state index in [2.05, 4.69) is 18.3 Å². The molecule has 0 spiro atoms. The molecule has 0 amide bonds. The minimum absolute atomic E-state index is 0.368. The van der Waals surface area contributed by atoms with Crippen LogP contribution in [0, 0.1) is 0 Å². The van der Waals surface area contributed by atoms with Crippen molar-refractivity contribution >= 4 is 0 Å². The Kier molecular flexibility index (Phi) is 3.06. The Morgan fingerprint density at radius 1 is 1.19 bits per heavy atom. The van der Waals surface area contributed by atoms with Gasteiger partial charge in [-0.3, -0.25) is 0 Å². The number of hydrogen-bond donors (Lipinski definition) is 1. The molecule has 3 heteroatoms. The molecule has 88 valence electrons. The van der Waals surface area contributed by atoms with Gasteiger partial charge in [0.05, 0.1) is 14.2 Å². The van der Waals surface area contributed by atoms with Gasteiger partial charge in [-0.2, -0.15) is 0 Å². The molecule has 0 saturated heterocycles. The average molecular weight is 221 g/mol. The fourth-order valence-corrected chi connectivity index (χ4v) is 1.67. The second-order valence-electron chi connectivity index (χ2n) is 4.60. The maximum Gasteiger partial charge on any atom is 0.161 e. The van der Waals surface area contributed by atoms with Crippen LogP contribution in [0.5, 0.6) is 11.5 Å². The van der Waals surface area contributed by atoms with E-state index >= 15 is 0 Å². The number of hydrogen-bond acceptors (Lipinski definition) is 3. The lowest BCUT2D eigenvalue weighted by molar-refractivity contribution is 0.354. The fraction of sp³-hybridized carbons (Fsp3) is 0.538. The Morgan fingerprint density at radius 3 is 2.44 bits per heavy atom. The van der Waals surface area contributed by atoms with Gasteiger partial charge in [-0.15, -0.1) is 0 Å². The van der Waals surface area contributed by atoms with Crippen LogP contribution in [-0.4, -0.2) is 19.8 Å². The molecule has 0 radical (unpaired) electrons. The van der Waals surface area contributed by atoms with E-state index in [4.69, 9.17) is 9.47 Å². The molecular weight excluding hydrogens is 202 g/mol. The van der Waals surface area contributed by atoms with E-state index in [1.54, 1.807) is 14.2 Å².